The van der Waals surface area contributed by atoms with Gasteiger partial charge in [0.2, 0.25) is 0 Å². The summed E-state index contributed by atoms with van der Waals surface area (Å²) in [5.41, 5.74) is 6.63. The molecule has 4 nitrogen and oxygen atoms in total. The Morgan fingerprint density at radius 1 is 1.20 bits per heavy atom. The number of hydrogen-bond acceptors (Lipinski definition) is 3. The van der Waals surface area contributed by atoms with Gasteiger partial charge in [0.05, 0.1) is 5.69 Å². The third kappa shape index (κ3) is 1.83. The number of aromatic hydroxyl groups is 1. The van der Waals surface area contributed by atoms with Crippen molar-refractivity contribution in [3.8, 4) is 17.0 Å². The van der Waals surface area contributed by atoms with Crippen LogP contribution < -0.4 is 11.3 Å². The number of H-pyrrole nitrogens is 1. The molecule has 4 N–H and O–H groups in total. The Hall–Kier alpha value is -2.23. The van der Waals surface area contributed by atoms with Crippen LogP contribution in [0.1, 0.15) is 0 Å². The smallest absolute Gasteiger partial charge is 0.271 e. The van der Waals surface area contributed by atoms with E-state index in [0.29, 0.717) is 5.69 Å². The number of nitrogens with two attached hydrogens (primary N) is 1. The van der Waals surface area contributed by atoms with Gasteiger partial charge in [0.25, 0.3) is 5.56 Å². The molecule has 1 aromatic carbocycles. The molecule has 0 fully saturated rings. The maximum Gasteiger partial charge on any atom is 0.271 e. The number of phenolic OH excluding ortho intramolecular Hbond substituents is 1. The van der Waals surface area contributed by atoms with Crippen molar-refractivity contribution in [2.75, 3.05) is 5.73 Å². The first-order valence-corrected chi connectivity index (χ1v) is 4.45. The second-order valence-electron chi connectivity index (χ2n) is 3.21. The summed E-state index contributed by atoms with van der Waals surface area (Å²) in [4.78, 5) is 13.9. The van der Waals surface area contributed by atoms with Gasteiger partial charge in [-0.05, 0) is 24.3 Å². The van der Waals surface area contributed by atoms with Crippen molar-refractivity contribution in [2.24, 2.45) is 0 Å². The summed E-state index contributed by atoms with van der Waals surface area (Å²) in [6.45, 7) is 0. The summed E-state index contributed by atoms with van der Waals surface area (Å²) in [6, 6.07) is 9.88. The Morgan fingerprint density at radius 2 is 2.00 bits per heavy atom. The maximum atomic E-state index is 11.3. The number of aromatic nitrogens is 1. The Labute approximate surface area is 86.0 Å². The van der Waals surface area contributed by atoms with E-state index in [1.807, 2.05) is 0 Å². The molecular weight excluding hydrogens is 192 g/mol. The summed E-state index contributed by atoms with van der Waals surface area (Å²) in [5, 5.41) is 9.28. The predicted molar refractivity (Wildman–Crippen MR) is 58.6 cm³/mol. The minimum Gasteiger partial charge on any atom is -0.508 e. The van der Waals surface area contributed by atoms with Crippen LogP contribution in [0.25, 0.3) is 11.3 Å². The standard InChI is InChI=1S/C11H10N2O2/c12-9-4-5-10(13-11(9)15)7-2-1-3-8(14)6-7/h1-6,14H,12H2,(H,13,15). The third-order valence-electron chi connectivity index (χ3n) is 2.10. The van der Waals surface area contributed by atoms with Crippen molar-refractivity contribution >= 4 is 5.69 Å². The predicted octanol–water partition coefficient (Wildman–Crippen LogP) is 1.33. The molecule has 0 amide bonds. The van der Waals surface area contributed by atoms with Gasteiger partial charge >= 0.3 is 0 Å². The molecular formula is C11H10N2O2. The molecule has 0 aliphatic rings. The fraction of sp³-hybridized carbons (Fsp3) is 0. The van der Waals surface area contributed by atoms with Crippen LogP contribution in [0, 0.1) is 0 Å². The van der Waals surface area contributed by atoms with E-state index in [0.717, 1.165) is 5.56 Å². The van der Waals surface area contributed by atoms with Crippen LogP contribution in [0.15, 0.2) is 41.2 Å². The third-order valence-corrected chi connectivity index (χ3v) is 2.10. The van der Waals surface area contributed by atoms with Gasteiger partial charge in [-0.15, -0.1) is 0 Å². The Kier molecular flexibility index (Phi) is 2.17. The molecule has 1 heterocycles. The molecule has 0 saturated carbocycles. The van der Waals surface area contributed by atoms with E-state index in [2.05, 4.69) is 4.98 Å². The molecule has 15 heavy (non-hydrogen) atoms. The number of hydrogen-bond donors (Lipinski definition) is 3. The lowest BCUT2D eigenvalue weighted by Crippen LogP contribution is -2.11. The molecule has 2 rings (SSSR count). The Bertz CT molecular complexity index is 546. The molecule has 0 aliphatic heterocycles. The summed E-state index contributed by atoms with van der Waals surface area (Å²) < 4.78 is 0. The summed E-state index contributed by atoms with van der Waals surface area (Å²) in [7, 11) is 0. The van der Waals surface area contributed by atoms with Gasteiger partial charge in [-0.2, -0.15) is 0 Å². The first kappa shape index (κ1) is 9.33. The number of benzene rings is 1. The highest BCUT2D eigenvalue weighted by atomic mass is 16.3. The number of aromatic amines is 1. The minimum atomic E-state index is -0.323. The van der Waals surface area contributed by atoms with Crippen molar-refractivity contribution < 1.29 is 5.11 Å². The maximum absolute atomic E-state index is 11.3. The SMILES string of the molecule is Nc1ccc(-c2cccc(O)c2)[nH]c1=O. The van der Waals surface area contributed by atoms with Gasteiger partial charge in [-0.25, -0.2) is 0 Å². The largest absolute Gasteiger partial charge is 0.508 e. The van der Waals surface area contributed by atoms with E-state index in [1.54, 1.807) is 30.3 Å². The van der Waals surface area contributed by atoms with Gasteiger partial charge < -0.3 is 15.8 Å². The van der Waals surface area contributed by atoms with Crippen molar-refractivity contribution in [3.05, 3.63) is 46.8 Å². The summed E-state index contributed by atoms with van der Waals surface area (Å²) >= 11 is 0. The van der Waals surface area contributed by atoms with E-state index in [4.69, 9.17) is 5.73 Å². The average molecular weight is 202 g/mol. The second kappa shape index (κ2) is 3.49. The average Bonchev–Trinajstić information content (AvgIpc) is 2.22. The van der Waals surface area contributed by atoms with Crippen molar-refractivity contribution in [1.29, 1.82) is 0 Å². The van der Waals surface area contributed by atoms with Crippen LogP contribution in [0.2, 0.25) is 0 Å². The highest BCUT2D eigenvalue weighted by Crippen LogP contribution is 2.20. The van der Waals surface area contributed by atoms with Gasteiger partial charge in [-0.1, -0.05) is 12.1 Å². The van der Waals surface area contributed by atoms with Crippen LogP contribution >= 0.6 is 0 Å². The monoisotopic (exact) mass is 202 g/mol. The van der Waals surface area contributed by atoms with Crippen molar-refractivity contribution in [2.45, 2.75) is 0 Å². The zero-order valence-electron chi connectivity index (χ0n) is 7.90. The first-order valence-electron chi connectivity index (χ1n) is 4.45. The fourth-order valence-electron chi connectivity index (χ4n) is 1.33. The molecule has 1 aromatic heterocycles. The molecule has 0 atom stereocenters. The van der Waals surface area contributed by atoms with Crippen LogP contribution in [-0.4, -0.2) is 10.1 Å². The van der Waals surface area contributed by atoms with E-state index < -0.39 is 0 Å². The van der Waals surface area contributed by atoms with Crippen LogP contribution in [0.3, 0.4) is 0 Å². The Balaban J connectivity index is 2.55. The molecule has 0 bridgehead atoms. The zero-order chi connectivity index (χ0) is 10.8. The fourth-order valence-corrected chi connectivity index (χ4v) is 1.33. The van der Waals surface area contributed by atoms with Gasteiger partial charge in [0.15, 0.2) is 0 Å². The summed E-state index contributed by atoms with van der Waals surface area (Å²) in [5.74, 6) is 0.158. The molecule has 0 unspecified atom stereocenters. The van der Waals surface area contributed by atoms with E-state index in [9.17, 15) is 9.90 Å². The molecule has 0 aliphatic carbocycles. The van der Waals surface area contributed by atoms with E-state index in [1.165, 1.54) is 6.07 Å². The van der Waals surface area contributed by atoms with Crippen LogP contribution in [0.5, 0.6) is 5.75 Å². The number of nitrogen functional groups attached to an aromatic ring is 1. The number of phenols is 1. The number of pyridine rings is 1. The minimum absolute atomic E-state index is 0.158. The lowest BCUT2D eigenvalue weighted by atomic mass is 10.1. The molecule has 0 radical (unpaired) electrons. The Morgan fingerprint density at radius 3 is 2.67 bits per heavy atom. The molecule has 2 aromatic rings. The molecule has 76 valence electrons. The van der Waals surface area contributed by atoms with Gasteiger partial charge in [-0.3, -0.25) is 4.79 Å². The summed E-state index contributed by atoms with van der Waals surface area (Å²) in [6.07, 6.45) is 0. The molecule has 0 spiro atoms. The van der Waals surface area contributed by atoms with Crippen LogP contribution in [0.4, 0.5) is 5.69 Å². The second-order valence-corrected chi connectivity index (χ2v) is 3.21. The van der Waals surface area contributed by atoms with Crippen molar-refractivity contribution in [3.63, 3.8) is 0 Å². The first-order chi connectivity index (χ1) is 7.16. The lowest BCUT2D eigenvalue weighted by molar-refractivity contribution is 0.475. The van der Waals surface area contributed by atoms with E-state index >= 15 is 0 Å². The topological polar surface area (TPSA) is 79.1 Å². The zero-order valence-corrected chi connectivity index (χ0v) is 7.90. The number of nitrogens with one attached hydrogen (secondary N) is 1. The molecule has 4 heteroatoms. The van der Waals surface area contributed by atoms with Gasteiger partial charge in [0.1, 0.15) is 5.75 Å². The van der Waals surface area contributed by atoms with Gasteiger partial charge in [0, 0.05) is 11.3 Å². The number of anilines is 1. The highest BCUT2D eigenvalue weighted by molar-refractivity contribution is 5.62. The highest BCUT2D eigenvalue weighted by Gasteiger charge is 2.00. The quantitative estimate of drug-likeness (QED) is 0.652. The van der Waals surface area contributed by atoms with Crippen LogP contribution in [-0.2, 0) is 0 Å². The van der Waals surface area contributed by atoms with E-state index in [-0.39, 0.29) is 17.0 Å². The molecule has 0 saturated heterocycles. The number of rotatable bonds is 1. The van der Waals surface area contributed by atoms with Crippen molar-refractivity contribution in [1.82, 2.24) is 4.98 Å². The normalized spacial score (nSPS) is 10.1. The lowest BCUT2D eigenvalue weighted by Gasteiger charge is -2.02.